The molecule has 1 saturated heterocycles. The van der Waals surface area contributed by atoms with Crippen molar-refractivity contribution in [1.29, 1.82) is 0 Å². The first kappa shape index (κ1) is 66.9. The van der Waals surface area contributed by atoms with Gasteiger partial charge < -0.3 is 69.2 Å². The summed E-state index contributed by atoms with van der Waals surface area (Å²) in [6.07, 6.45) is 3.68. The minimum atomic E-state index is -1.54. The third kappa shape index (κ3) is 24.2. The summed E-state index contributed by atoms with van der Waals surface area (Å²) < 4.78 is 0. The van der Waals surface area contributed by atoms with Gasteiger partial charge in [-0.1, -0.05) is 54.6 Å². The standard InChI is InChI=1S/C57H81N13O13S/c58-48(72)34-68-23-21-67(27-28-71)22-24-69(35-49(59)73)33-44(70(26-25-68)36-50(60)74)30-37-11-16-43(17-12-37)63-57(84)62-32-38-8-14-41(15-9-38)52(77)64-47(31-39-10-13-40-5-1-2-6-42(40)29-39)53(78)61-20-4-3-7-45(54(79)80)65-56(83)66-46(55(81)82)18-19-51(75)76/h1-2,5-6,10-13,16-17,28-29,38,41,44-47H,3-4,7-9,14-15,18-27,30-36H2,(H2,58,72)(H2,59,73)(H2,60,74)(H,61,78)(H,64,77)(H,75,76)(H,79,80)(H,81,82)(H2,62,63,84)(H2,65,66,83)/t38-,41-,44?,45-,46-,47-/m0/s1. The fraction of sp³-hybridized carbons (Fsp3) is 0.526. The van der Waals surface area contributed by atoms with Gasteiger partial charge in [-0.15, -0.1) is 0 Å². The van der Waals surface area contributed by atoms with Gasteiger partial charge in [0, 0.05) is 89.4 Å². The van der Waals surface area contributed by atoms with E-state index in [-0.39, 0.29) is 75.8 Å². The summed E-state index contributed by atoms with van der Waals surface area (Å²) in [7, 11) is 0. The van der Waals surface area contributed by atoms with Crippen molar-refractivity contribution in [2.24, 2.45) is 29.0 Å². The fourth-order valence-corrected chi connectivity index (χ4v) is 10.7. The molecule has 27 heteroatoms. The first-order valence-electron chi connectivity index (χ1n) is 28.3. The molecule has 1 aliphatic carbocycles. The molecule has 1 saturated carbocycles. The number of carboxylic acids is 3. The number of carbonyl (C=O) groups is 10. The SMILES string of the molecule is NC(=O)CN1CCN(CC=O)CCN(CC(N)=O)CC(Cc2ccc(NC(=S)NC[C@H]3CC[C@H](C(=O)N[C@@H](Cc4ccc5ccccc5c4)C(=O)NCCCC[C@H](NC(=O)N[C@@H](CCC(=O)O)C(=O)O)C(=O)O)CC3)cc2)N(CC(N)=O)CC1. The molecule has 458 valence electrons. The maximum Gasteiger partial charge on any atom is 0.326 e. The third-order valence-corrected chi connectivity index (χ3v) is 15.3. The maximum atomic E-state index is 13.9. The lowest BCUT2D eigenvalue weighted by atomic mass is 9.81. The number of amides is 7. The van der Waals surface area contributed by atoms with E-state index in [1.54, 1.807) is 0 Å². The van der Waals surface area contributed by atoms with Crippen molar-refractivity contribution in [3.8, 4) is 0 Å². The predicted molar refractivity (Wildman–Crippen MR) is 316 cm³/mol. The number of fused-ring (bicyclic) bond motifs is 1. The molecule has 1 heterocycles. The Bertz CT molecular complexity index is 2750. The summed E-state index contributed by atoms with van der Waals surface area (Å²) in [6.45, 7) is 3.62. The Morgan fingerprint density at radius 3 is 1.87 bits per heavy atom. The van der Waals surface area contributed by atoms with Crippen LogP contribution in [0.25, 0.3) is 10.8 Å². The smallest absolute Gasteiger partial charge is 0.326 e. The van der Waals surface area contributed by atoms with Gasteiger partial charge in [0.15, 0.2) is 5.11 Å². The van der Waals surface area contributed by atoms with E-state index in [1.807, 2.05) is 86.3 Å². The van der Waals surface area contributed by atoms with Crippen LogP contribution in [0.5, 0.6) is 0 Å². The number of thiocarbonyl (C=S) groups is 1. The van der Waals surface area contributed by atoms with E-state index in [2.05, 4.69) is 31.9 Å². The van der Waals surface area contributed by atoms with Crippen molar-refractivity contribution >= 4 is 93.6 Å². The number of anilines is 1. The van der Waals surface area contributed by atoms with Crippen LogP contribution in [0.2, 0.25) is 0 Å². The molecule has 84 heavy (non-hydrogen) atoms. The number of rotatable bonds is 30. The minimum absolute atomic E-state index is 0.00605. The Labute approximate surface area is 493 Å². The number of primary amides is 3. The van der Waals surface area contributed by atoms with Gasteiger partial charge in [-0.05, 0) is 110 Å². The number of aldehydes is 1. The lowest BCUT2D eigenvalue weighted by Crippen LogP contribution is -2.54. The number of nitrogens with zero attached hydrogens (tertiary/aromatic N) is 4. The van der Waals surface area contributed by atoms with Gasteiger partial charge in [0.25, 0.3) is 0 Å². The molecular formula is C57H81N13O13S. The molecule has 3 aromatic carbocycles. The number of nitrogens with one attached hydrogen (secondary N) is 6. The molecule has 0 aromatic heterocycles. The second-order valence-electron chi connectivity index (χ2n) is 21.5. The highest BCUT2D eigenvalue weighted by Gasteiger charge is 2.31. The molecule has 2 fully saturated rings. The molecular weight excluding hydrogens is 1110 g/mol. The number of nitrogens with two attached hydrogens (primary N) is 3. The van der Waals surface area contributed by atoms with Crippen LogP contribution in [-0.4, -0.2) is 209 Å². The van der Waals surface area contributed by atoms with Gasteiger partial charge in [0.2, 0.25) is 29.5 Å². The summed E-state index contributed by atoms with van der Waals surface area (Å²) in [4.78, 5) is 130. The molecule has 5 rings (SSSR count). The molecule has 0 bridgehead atoms. The van der Waals surface area contributed by atoms with E-state index in [0.29, 0.717) is 83.2 Å². The monoisotopic (exact) mass is 1190 g/mol. The minimum Gasteiger partial charge on any atom is -0.481 e. The van der Waals surface area contributed by atoms with Crippen LogP contribution in [-0.2, 0) is 56.0 Å². The van der Waals surface area contributed by atoms with Gasteiger partial charge in [0.05, 0.1) is 26.2 Å². The lowest BCUT2D eigenvalue weighted by Gasteiger charge is -2.38. The second kappa shape index (κ2) is 34.7. The Kier molecular flexibility index (Phi) is 27.6. The van der Waals surface area contributed by atoms with Crippen molar-refractivity contribution < 1.29 is 63.3 Å². The number of hydrogen-bond acceptors (Lipinski definition) is 15. The van der Waals surface area contributed by atoms with Gasteiger partial charge in [0.1, 0.15) is 24.4 Å². The summed E-state index contributed by atoms with van der Waals surface area (Å²) >= 11 is 5.69. The molecule has 3 aromatic rings. The highest BCUT2D eigenvalue weighted by Crippen LogP contribution is 2.29. The Morgan fingerprint density at radius 1 is 0.643 bits per heavy atom. The average molecular weight is 1190 g/mol. The molecule has 7 amide bonds. The van der Waals surface area contributed by atoms with Crippen molar-refractivity contribution in [3.05, 3.63) is 77.9 Å². The van der Waals surface area contributed by atoms with Crippen molar-refractivity contribution in [1.82, 2.24) is 46.2 Å². The second-order valence-corrected chi connectivity index (χ2v) is 21.9. The van der Waals surface area contributed by atoms with E-state index < -0.39 is 78.5 Å². The Balaban J connectivity index is 1.13. The number of hydrogen-bond donors (Lipinski definition) is 12. The van der Waals surface area contributed by atoms with E-state index >= 15 is 0 Å². The molecule has 1 unspecified atom stereocenters. The number of urea groups is 1. The van der Waals surface area contributed by atoms with E-state index in [0.717, 1.165) is 46.7 Å². The summed E-state index contributed by atoms with van der Waals surface area (Å²) in [5.74, 6) is -6.46. The van der Waals surface area contributed by atoms with Crippen LogP contribution in [0.3, 0.4) is 0 Å². The number of carboxylic acid groups (broad SMARTS) is 3. The van der Waals surface area contributed by atoms with Crippen LogP contribution >= 0.6 is 12.2 Å². The van der Waals surface area contributed by atoms with Gasteiger partial charge in [-0.25, -0.2) is 14.4 Å². The topological polar surface area (TPSA) is 395 Å². The molecule has 0 spiro atoms. The normalized spacial score (nSPS) is 18.7. The predicted octanol–water partition coefficient (Wildman–Crippen LogP) is -0.196. The molecule has 2 aliphatic rings. The first-order valence-corrected chi connectivity index (χ1v) is 28.7. The number of benzene rings is 3. The number of carbonyl (C=O) groups excluding carboxylic acids is 7. The van der Waals surface area contributed by atoms with Crippen LogP contribution in [0, 0.1) is 11.8 Å². The van der Waals surface area contributed by atoms with E-state index in [9.17, 15) is 58.2 Å². The van der Waals surface area contributed by atoms with Crippen LogP contribution < -0.4 is 49.1 Å². The quantitative estimate of drug-likeness (QED) is 0.0234. The Morgan fingerprint density at radius 2 is 1.24 bits per heavy atom. The Hall–Kier alpha value is -7.85. The van der Waals surface area contributed by atoms with E-state index in [1.165, 1.54) is 0 Å². The summed E-state index contributed by atoms with van der Waals surface area (Å²) in [5, 5.41) is 47.1. The zero-order valence-electron chi connectivity index (χ0n) is 47.2. The lowest BCUT2D eigenvalue weighted by molar-refractivity contribution is -0.141. The largest absolute Gasteiger partial charge is 0.481 e. The van der Waals surface area contributed by atoms with Crippen LogP contribution in [0.1, 0.15) is 68.9 Å². The van der Waals surface area contributed by atoms with Crippen molar-refractivity contribution in [2.45, 2.75) is 94.8 Å². The average Bonchev–Trinajstić information content (AvgIpc) is 3.57. The third-order valence-electron chi connectivity index (χ3n) is 15.0. The zero-order chi connectivity index (χ0) is 61.1. The molecule has 1 aliphatic heterocycles. The molecule has 26 nitrogen and oxygen atoms in total. The fourth-order valence-electron chi connectivity index (χ4n) is 10.5. The number of unbranched alkanes of at least 4 members (excludes halogenated alkanes) is 1. The molecule has 0 radical (unpaired) electrons. The van der Waals surface area contributed by atoms with Crippen LogP contribution in [0.15, 0.2) is 66.7 Å². The number of aliphatic carboxylic acids is 3. The molecule has 15 N–H and O–H groups in total. The highest BCUT2D eigenvalue weighted by molar-refractivity contribution is 7.80. The van der Waals surface area contributed by atoms with Crippen LogP contribution in [0.4, 0.5) is 10.5 Å². The van der Waals surface area contributed by atoms with Crippen molar-refractivity contribution in [3.63, 3.8) is 0 Å². The van der Waals surface area contributed by atoms with Gasteiger partial charge >= 0.3 is 23.9 Å². The van der Waals surface area contributed by atoms with Gasteiger partial charge in [-0.3, -0.25) is 48.4 Å². The maximum absolute atomic E-state index is 13.9. The first-order chi connectivity index (χ1) is 40.1. The summed E-state index contributed by atoms with van der Waals surface area (Å²) in [5.41, 5.74) is 19.5. The van der Waals surface area contributed by atoms with Crippen molar-refractivity contribution in [2.75, 3.05) is 90.4 Å². The highest BCUT2D eigenvalue weighted by atomic mass is 32.1. The van der Waals surface area contributed by atoms with E-state index in [4.69, 9.17) is 34.5 Å². The zero-order valence-corrected chi connectivity index (χ0v) is 48.0. The molecule has 4 atom stereocenters. The summed E-state index contributed by atoms with van der Waals surface area (Å²) in [6, 6.07) is 16.0. The van der Waals surface area contributed by atoms with Gasteiger partial charge in [-0.2, -0.15) is 0 Å².